The maximum absolute atomic E-state index is 12.1. The lowest BCUT2D eigenvalue weighted by Crippen LogP contribution is -2.20. The van der Waals surface area contributed by atoms with Crippen LogP contribution in [-0.2, 0) is 13.2 Å². The van der Waals surface area contributed by atoms with Crippen LogP contribution in [-0.4, -0.2) is 16.5 Å². The third kappa shape index (κ3) is 2.83. The van der Waals surface area contributed by atoms with Gasteiger partial charge in [0.05, 0.1) is 6.61 Å². The van der Waals surface area contributed by atoms with Gasteiger partial charge in [0, 0.05) is 29.6 Å². The van der Waals surface area contributed by atoms with E-state index in [1.165, 1.54) is 6.92 Å². The van der Waals surface area contributed by atoms with Gasteiger partial charge in [-0.1, -0.05) is 0 Å². The van der Waals surface area contributed by atoms with Crippen molar-refractivity contribution >= 4 is 0 Å². The minimum absolute atomic E-state index is 0.0385. The Bertz CT molecular complexity index is 380. The Labute approximate surface area is 89.9 Å². The van der Waals surface area contributed by atoms with E-state index in [4.69, 9.17) is 10.8 Å². The first-order valence-electron chi connectivity index (χ1n) is 4.43. The molecule has 0 spiro atoms. The van der Waals surface area contributed by atoms with Crippen LogP contribution >= 0.6 is 0 Å². The van der Waals surface area contributed by atoms with Crippen molar-refractivity contribution in [3.8, 4) is 5.75 Å². The summed E-state index contributed by atoms with van der Waals surface area (Å²) in [5.41, 5.74) is 5.78. The molecule has 0 aliphatic carbocycles. The third-order valence-corrected chi connectivity index (χ3v) is 2.01. The number of nitrogens with two attached hydrogens (primary N) is 1. The van der Waals surface area contributed by atoms with E-state index in [-0.39, 0.29) is 17.7 Å². The fourth-order valence-electron chi connectivity index (χ4n) is 1.27. The van der Waals surface area contributed by atoms with Crippen molar-refractivity contribution in [3.63, 3.8) is 0 Å². The van der Waals surface area contributed by atoms with Crippen molar-refractivity contribution in [2.24, 2.45) is 5.73 Å². The normalized spacial score (nSPS) is 11.6. The average Bonchev–Trinajstić information content (AvgIpc) is 2.16. The molecule has 1 rings (SSSR count). The van der Waals surface area contributed by atoms with Gasteiger partial charge < -0.3 is 15.6 Å². The molecule has 4 nitrogen and oxygen atoms in total. The lowest BCUT2D eigenvalue weighted by molar-refractivity contribution is -0.275. The molecule has 0 atom stereocenters. The molecule has 1 aromatic rings. The third-order valence-electron chi connectivity index (χ3n) is 2.01. The van der Waals surface area contributed by atoms with E-state index in [2.05, 4.69) is 9.72 Å². The highest BCUT2D eigenvalue weighted by Gasteiger charge is 2.33. The maximum atomic E-state index is 12.1. The van der Waals surface area contributed by atoms with Crippen LogP contribution < -0.4 is 10.5 Å². The van der Waals surface area contributed by atoms with Gasteiger partial charge in [-0.3, -0.25) is 4.98 Å². The molecule has 0 unspecified atom stereocenters. The number of ether oxygens (including phenoxy) is 1. The molecule has 1 heterocycles. The molecule has 0 radical (unpaired) electrons. The van der Waals surface area contributed by atoms with Gasteiger partial charge in [0.1, 0.15) is 5.75 Å². The van der Waals surface area contributed by atoms with E-state index in [9.17, 15) is 13.2 Å². The zero-order valence-electron chi connectivity index (χ0n) is 8.51. The number of nitrogens with zero attached hydrogens (tertiary/aromatic N) is 1. The first-order chi connectivity index (χ1) is 7.39. The Balaban J connectivity index is 3.25. The highest BCUT2D eigenvalue weighted by atomic mass is 19.4. The van der Waals surface area contributed by atoms with E-state index in [0.717, 1.165) is 6.20 Å². The molecule has 0 saturated carbocycles. The van der Waals surface area contributed by atoms with Crippen LogP contribution in [0.15, 0.2) is 6.20 Å². The molecule has 0 bridgehead atoms. The second-order valence-electron chi connectivity index (χ2n) is 3.09. The molecule has 16 heavy (non-hydrogen) atoms. The molecule has 7 heteroatoms. The van der Waals surface area contributed by atoms with Crippen molar-refractivity contribution < 1.29 is 23.0 Å². The fraction of sp³-hybridized carbons (Fsp3) is 0.444. The topological polar surface area (TPSA) is 68.4 Å². The molecular formula is C9H11F3N2O2. The zero-order chi connectivity index (χ0) is 12.3. The van der Waals surface area contributed by atoms with Gasteiger partial charge in [0.2, 0.25) is 0 Å². The Kier molecular flexibility index (Phi) is 3.71. The Morgan fingerprint density at radius 1 is 1.50 bits per heavy atom. The van der Waals surface area contributed by atoms with Gasteiger partial charge in [-0.15, -0.1) is 13.2 Å². The quantitative estimate of drug-likeness (QED) is 0.828. The highest BCUT2D eigenvalue weighted by molar-refractivity contribution is 5.42. The van der Waals surface area contributed by atoms with Crippen LogP contribution in [0.25, 0.3) is 0 Å². The number of halogens is 3. The largest absolute Gasteiger partial charge is 0.573 e. The summed E-state index contributed by atoms with van der Waals surface area (Å²) in [6.07, 6.45) is -3.68. The molecule has 0 fully saturated rings. The van der Waals surface area contributed by atoms with Gasteiger partial charge >= 0.3 is 6.36 Å². The standard InChI is InChI=1S/C9H11F3N2O2/c1-5-7(2-13)8(16-9(10,11)12)6(4-15)3-14-5/h3,15H,2,4,13H2,1H3. The average molecular weight is 236 g/mol. The van der Waals surface area contributed by atoms with Gasteiger partial charge in [0.15, 0.2) is 0 Å². The minimum atomic E-state index is -4.82. The number of rotatable bonds is 3. The van der Waals surface area contributed by atoms with Crippen LogP contribution in [0, 0.1) is 6.92 Å². The number of aryl methyl sites for hydroxylation is 1. The number of pyridine rings is 1. The molecule has 0 aromatic carbocycles. The molecular weight excluding hydrogens is 225 g/mol. The first kappa shape index (κ1) is 12.7. The SMILES string of the molecule is Cc1ncc(CO)c(OC(F)(F)F)c1CN. The van der Waals surface area contributed by atoms with Gasteiger partial charge in [-0.25, -0.2) is 0 Å². The van der Waals surface area contributed by atoms with E-state index in [0.29, 0.717) is 5.69 Å². The Morgan fingerprint density at radius 2 is 2.12 bits per heavy atom. The fourth-order valence-corrected chi connectivity index (χ4v) is 1.27. The lowest BCUT2D eigenvalue weighted by Gasteiger charge is -2.16. The monoisotopic (exact) mass is 236 g/mol. The van der Waals surface area contributed by atoms with Crippen molar-refractivity contribution in [3.05, 3.63) is 23.0 Å². The first-order valence-corrected chi connectivity index (χ1v) is 4.43. The Hall–Kier alpha value is -1.34. The van der Waals surface area contributed by atoms with Gasteiger partial charge in [-0.05, 0) is 6.92 Å². The number of alkyl halides is 3. The minimum Gasteiger partial charge on any atom is -0.405 e. The maximum Gasteiger partial charge on any atom is 0.573 e. The van der Waals surface area contributed by atoms with Crippen LogP contribution in [0.2, 0.25) is 0 Å². The summed E-state index contributed by atoms with van der Waals surface area (Å²) in [5.74, 6) is -0.454. The van der Waals surface area contributed by atoms with E-state index < -0.39 is 18.7 Å². The number of hydrogen-bond donors (Lipinski definition) is 2. The summed E-state index contributed by atoms with van der Waals surface area (Å²) < 4.78 is 40.3. The van der Waals surface area contributed by atoms with Crippen LogP contribution in [0.5, 0.6) is 5.75 Å². The number of aromatic nitrogens is 1. The summed E-state index contributed by atoms with van der Waals surface area (Å²) in [4.78, 5) is 3.82. The van der Waals surface area contributed by atoms with Crippen molar-refractivity contribution in [2.45, 2.75) is 26.4 Å². The molecule has 90 valence electrons. The highest BCUT2D eigenvalue weighted by Crippen LogP contribution is 2.31. The van der Waals surface area contributed by atoms with Crippen LogP contribution in [0.1, 0.15) is 16.8 Å². The molecule has 0 saturated heterocycles. The second kappa shape index (κ2) is 4.67. The molecule has 1 aromatic heterocycles. The molecule has 0 aliphatic heterocycles. The van der Waals surface area contributed by atoms with Crippen molar-refractivity contribution in [1.82, 2.24) is 4.98 Å². The lowest BCUT2D eigenvalue weighted by atomic mass is 10.1. The van der Waals surface area contributed by atoms with E-state index in [1.807, 2.05) is 0 Å². The molecule has 0 amide bonds. The van der Waals surface area contributed by atoms with Crippen LogP contribution in [0.4, 0.5) is 13.2 Å². The zero-order valence-corrected chi connectivity index (χ0v) is 8.51. The number of hydrogen-bond acceptors (Lipinski definition) is 4. The van der Waals surface area contributed by atoms with Gasteiger partial charge in [-0.2, -0.15) is 0 Å². The summed E-state index contributed by atoms with van der Waals surface area (Å²) in [5, 5.41) is 8.90. The predicted molar refractivity (Wildman–Crippen MR) is 49.5 cm³/mol. The second-order valence-corrected chi connectivity index (χ2v) is 3.09. The summed E-state index contributed by atoms with van der Waals surface area (Å²) in [6, 6.07) is 0. The summed E-state index contributed by atoms with van der Waals surface area (Å²) >= 11 is 0. The molecule has 0 aliphatic rings. The number of aliphatic hydroxyl groups is 1. The summed E-state index contributed by atoms with van der Waals surface area (Å²) in [7, 11) is 0. The van der Waals surface area contributed by atoms with Crippen LogP contribution in [0.3, 0.4) is 0 Å². The smallest absolute Gasteiger partial charge is 0.405 e. The summed E-state index contributed by atoms with van der Waals surface area (Å²) in [6.45, 7) is 0.788. The van der Waals surface area contributed by atoms with E-state index in [1.54, 1.807) is 0 Å². The van der Waals surface area contributed by atoms with Crippen molar-refractivity contribution in [2.75, 3.05) is 0 Å². The Morgan fingerprint density at radius 3 is 2.56 bits per heavy atom. The molecule has 3 N–H and O–H groups in total. The number of aliphatic hydroxyl groups excluding tert-OH is 1. The van der Waals surface area contributed by atoms with Gasteiger partial charge in [0.25, 0.3) is 0 Å². The van der Waals surface area contributed by atoms with E-state index >= 15 is 0 Å². The van der Waals surface area contributed by atoms with Crippen molar-refractivity contribution in [1.29, 1.82) is 0 Å². The predicted octanol–water partition coefficient (Wildman–Crippen LogP) is 1.24.